The predicted molar refractivity (Wildman–Crippen MR) is 189 cm³/mol. The van der Waals surface area contributed by atoms with Crippen molar-refractivity contribution < 1.29 is 51.0 Å². The van der Waals surface area contributed by atoms with Gasteiger partial charge < -0.3 is 14.4 Å². The minimum atomic E-state index is -3.93. The fourth-order valence-corrected chi connectivity index (χ4v) is 8.46. The number of sulfonamides is 1. The second kappa shape index (κ2) is 15.2. The minimum absolute atomic E-state index is 0.0345. The van der Waals surface area contributed by atoms with E-state index < -0.39 is 98.6 Å². The monoisotopic (exact) mass is 757 g/mol. The van der Waals surface area contributed by atoms with Crippen molar-refractivity contribution in [3.8, 4) is 0 Å². The lowest BCUT2D eigenvalue weighted by Crippen LogP contribution is -2.47. The average molecular weight is 758 g/mol. The molecule has 2 heterocycles. The van der Waals surface area contributed by atoms with Crippen molar-refractivity contribution in [3.63, 3.8) is 0 Å². The second-order valence-corrected chi connectivity index (χ2v) is 17.5. The van der Waals surface area contributed by atoms with E-state index in [1.165, 1.54) is 21.9 Å². The quantitative estimate of drug-likeness (QED) is 0.164. The van der Waals surface area contributed by atoms with Crippen LogP contribution in [-0.4, -0.2) is 83.2 Å². The highest BCUT2D eigenvalue weighted by Crippen LogP contribution is 2.57. The van der Waals surface area contributed by atoms with Crippen molar-refractivity contribution in [2.75, 3.05) is 6.54 Å². The summed E-state index contributed by atoms with van der Waals surface area (Å²) in [6.07, 6.45) is 0.859. The highest BCUT2D eigenvalue weighted by molar-refractivity contribution is 7.90. The standard InChI is InChI=1S/C38H48FN3O10S/c1-7-22(3)31(43)14-24(15-33(45)52-37(4,5)6)34(46)42-20-26(51-36(48)41-19-23-10-9-11-29(39)28(23)21-41)16-30(42)32(44)18-38(17-25(38)8-2)35(47)40-53(49,50)27-12-13-27/h7-11,24-27,30H,2,12-21H2,1,3-6H3,(H,40,47)/b22-7+/t24-,25-,26?,30+,38-/m1/s1. The molecule has 4 aliphatic rings. The molecule has 1 aromatic carbocycles. The van der Waals surface area contributed by atoms with Crippen LogP contribution in [0.5, 0.6) is 0 Å². The summed E-state index contributed by atoms with van der Waals surface area (Å²) in [6, 6.07) is 3.30. The molecule has 3 amide bonds. The van der Waals surface area contributed by atoms with Crippen LogP contribution < -0.4 is 4.72 Å². The first kappa shape index (κ1) is 39.8. The van der Waals surface area contributed by atoms with E-state index in [0.717, 1.165) is 0 Å². The van der Waals surface area contributed by atoms with Crippen LogP contribution in [0.25, 0.3) is 0 Å². The summed E-state index contributed by atoms with van der Waals surface area (Å²) >= 11 is 0. The van der Waals surface area contributed by atoms with Gasteiger partial charge in [0.25, 0.3) is 0 Å². The Labute approximate surface area is 309 Å². The number of hydrogen-bond acceptors (Lipinski definition) is 10. The third kappa shape index (κ3) is 9.05. The fourth-order valence-electron chi connectivity index (χ4n) is 7.08. The molecular formula is C38H48FN3O10S. The number of fused-ring (bicyclic) bond motifs is 1. The maximum atomic E-state index is 14.4. The zero-order valence-corrected chi connectivity index (χ0v) is 31.6. The number of amides is 3. The maximum absolute atomic E-state index is 14.4. The van der Waals surface area contributed by atoms with Gasteiger partial charge in [-0.1, -0.05) is 24.3 Å². The molecule has 15 heteroatoms. The van der Waals surface area contributed by atoms with E-state index in [1.54, 1.807) is 52.8 Å². The molecule has 5 atom stereocenters. The molecule has 3 fully saturated rings. The van der Waals surface area contributed by atoms with Crippen molar-refractivity contribution in [1.29, 1.82) is 0 Å². The maximum Gasteiger partial charge on any atom is 0.410 e. The van der Waals surface area contributed by atoms with Gasteiger partial charge in [-0.3, -0.25) is 33.6 Å². The third-order valence-corrected chi connectivity index (χ3v) is 12.2. The van der Waals surface area contributed by atoms with Gasteiger partial charge in [-0.15, -0.1) is 6.58 Å². The van der Waals surface area contributed by atoms with Gasteiger partial charge >= 0.3 is 12.1 Å². The minimum Gasteiger partial charge on any atom is -0.460 e. The topological polar surface area (TPSA) is 174 Å². The van der Waals surface area contributed by atoms with Crippen molar-refractivity contribution >= 4 is 45.5 Å². The largest absolute Gasteiger partial charge is 0.460 e. The Morgan fingerprint density at radius 2 is 1.81 bits per heavy atom. The van der Waals surface area contributed by atoms with E-state index in [-0.39, 0.29) is 44.7 Å². The molecule has 1 N–H and O–H groups in total. The lowest BCUT2D eigenvalue weighted by molar-refractivity contribution is -0.159. The van der Waals surface area contributed by atoms with Gasteiger partial charge in [-0.2, -0.15) is 0 Å². The van der Waals surface area contributed by atoms with Crippen LogP contribution in [0.3, 0.4) is 0 Å². The molecule has 1 unspecified atom stereocenters. The van der Waals surface area contributed by atoms with E-state index in [4.69, 9.17) is 9.47 Å². The number of Topliss-reactive ketones (excluding diaryl/α,β-unsaturated/α-hetero) is 2. The van der Waals surface area contributed by atoms with Gasteiger partial charge in [0.1, 0.15) is 17.5 Å². The smallest absolute Gasteiger partial charge is 0.410 e. The number of nitrogens with one attached hydrogen (secondary N) is 1. The fraction of sp³-hybridized carbons (Fsp3) is 0.579. The first-order valence-corrected chi connectivity index (χ1v) is 19.4. The number of allylic oxidation sites excluding steroid dienone is 3. The van der Waals surface area contributed by atoms with E-state index in [1.807, 2.05) is 0 Å². The number of nitrogens with zero attached hydrogens (tertiary/aromatic N) is 2. The van der Waals surface area contributed by atoms with Gasteiger partial charge in [0.15, 0.2) is 11.6 Å². The summed E-state index contributed by atoms with van der Waals surface area (Å²) in [5.41, 5.74) is -0.942. The van der Waals surface area contributed by atoms with E-state index in [2.05, 4.69) is 11.3 Å². The zero-order chi connectivity index (χ0) is 39.0. The number of rotatable bonds is 14. The third-order valence-electron chi connectivity index (χ3n) is 10.4. The lowest BCUT2D eigenvalue weighted by atomic mass is 9.90. The normalized spacial score (nSPS) is 24.6. The Bertz CT molecular complexity index is 1850. The summed E-state index contributed by atoms with van der Waals surface area (Å²) in [5, 5.41) is -0.672. The molecule has 2 saturated carbocycles. The highest BCUT2D eigenvalue weighted by atomic mass is 32.2. The van der Waals surface area contributed by atoms with E-state index >= 15 is 0 Å². The molecule has 2 aliphatic heterocycles. The number of benzene rings is 1. The molecule has 1 aromatic rings. The molecule has 288 valence electrons. The van der Waals surface area contributed by atoms with E-state index in [9.17, 15) is 41.6 Å². The highest BCUT2D eigenvalue weighted by Gasteiger charge is 2.61. The summed E-state index contributed by atoms with van der Waals surface area (Å²) in [4.78, 5) is 84.1. The number of ketones is 2. The molecule has 1 saturated heterocycles. The summed E-state index contributed by atoms with van der Waals surface area (Å²) < 4.78 is 53.2. The Morgan fingerprint density at radius 1 is 1.11 bits per heavy atom. The zero-order valence-electron chi connectivity index (χ0n) is 30.8. The molecule has 0 aromatic heterocycles. The molecule has 0 radical (unpaired) electrons. The Balaban J connectivity index is 1.40. The van der Waals surface area contributed by atoms with Crippen molar-refractivity contribution in [2.45, 2.75) is 116 Å². The summed E-state index contributed by atoms with van der Waals surface area (Å²) in [7, 11) is -3.93. The van der Waals surface area contributed by atoms with Crippen LogP contribution in [0, 0.1) is 23.1 Å². The van der Waals surface area contributed by atoms with Gasteiger partial charge in [0, 0.05) is 31.4 Å². The number of hydrogen-bond donors (Lipinski definition) is 1. The number of halogens is 1. The van der Waals surface area contributed by atoms with Crippen molar-refractivity contribution in [1.82, 2.24) is 14.5 Å². The Kier molecular flexibility index (Phi) is 11.4. The molecule has 0 spiro atoms. The molecule has 13 nitrogen and oxygen atoms in total. The molecule has 2 aliphatic carbocycles. The van der Waals surface area contributed by atoms with Crippen LogP contribution in [0.4, 0.5) is 9.18 Å². The number of esters is 1. The van der Waals surface area contributed by atoms with Gasteiger partial charge in [-0.25, -0.2) is 17.6 Å². The first-order chi connectivity index (χ1) is 24.8. The van der Waals surface area contributed by atoms with Gasteiger partial charge in [0.05, 0.1) is 42.1 Å². The first-order valence-electron chi connectivity index (χ1n) is 17.9. The summed E-state index contributed by atoms with van der Waals surface area (Å²) in [5.74, 6) is -5.44. The van der Waals surface area contributed by atoms with Crippen LogP contribution >= 0.6 is 0 Å². The van der Waals surface area contributed by atoms with Gasteiger partial charge in [0.2, 0.25) is 21.8 Å². The van der Waals surface area contributed by atoms with Crippen molar-refractivity contribution in [2.24, 2.45) is 17.3 Å². The van der Waals surface area contributed by atoms with Crippen LogP contribution in [0.2, 0.25) is 0 Å². The van der Waals surface area contributed by atoms with Crippen molar-refractivity contribution in [3.05, 3.63) is 59.4 Å². The van der Waals surface area contributed by atoms with E-state index in [0.29, 0.717) is 29.5 Å². The van der Waals surface area contributed by atoms with Crippen LogP contribution in [-0.2, 0) is 56.6 Å². The molecule has 0 bridgehead atoms. The second-order valence-electron chi connectivity index (χ2n) is 15.6. The Hall–Kier alpha value is -4.40. The Morgan fingerprint density at radius 3 is 2.40 bits per heavy atom. The molecule has 53 heavy (non-hydrogen) atoms. The number of likely N-dealkylation sites (tertiary alicyclic amines) is 1. The molecular weight excluding hydrogens is 709 g/mol. The predicted octanol–water partition coefficient (Wildman–Crippen LogP) is 4.28. The van der Waals surface area contributed by atoms with Gasteiger partial charge in [-0.05, 0) is 77.0 Å². The molecule has 5 rings (SSSR count). The SMILES string of the molecule is C=C[C@@H]1C[C@]1(CC(=O)[C@@H]1CC(OC(=O)N2Cc3cccc(F)c3C2)CN1C(=O)[C@@H](CC(=O)OC(C)(C)C)CC(=O)/C(C)=C/C)C(=O)NS(=O)(=O)C1CC1. The number of carbonyl (C=O) groups is 6. The number of carbonyl (C=O) groups excluding carboxylic acids is 6. The van der Waals surface area contributed by atoms with Crippen LogP contribution in [0.1, 0.15) is 90.7 Å². The van der Waals surface area contributed by atoms with Crippen LogP contribution in [0.15, 0.2) is 42.5 Å². The lowest BCUT2D eigenvalue weighted by Gasteiger charge is -2.29. The summed E-state index contributed by atoms with van der Waals surface area (Å²) in [6.45, 7) is 11.8. The number of ether oxygens (including phenoxy) is 2. The average Bonchev–Trinajstić information content (AvgIpc) is 3.97.